The SMILES string of the molecule is COCCC(=O)NCCc1c[nH]c2ccc(SC)cc12. The van der Waals surface area contributed by atoms with Gasteiger partial charge in [-0.25, -0.2) is 0 Å². The second-order valence-electron chi connectivity index (χ2n) is 4.57. The Morgan fingerprint density at radius 2 is 2.30 bits per heavy atom. The summed E-state index contributed by atoms with van der Waals surface area (Å²) in [5.41, 5.74) is 2.38. The number of amides is 1. The first-order valence-electron chi connectivity index (χ1n) is 6.64. The Kier molecular flexibility index (Phi) is 5.49. The molecule has 20 heavy (non-hydrogen) atoms. The van der Waals surface area contributed by atoms with Crippen LogP contribution in [0.2, 0.25) is 0 Å². The largest absolute Gasteiger partial charge is 0.384 e. The monoisotopic (exact) mass is 292 g/mol. The average Bonchev–Trinajstić information content (AvgIpc) is 2.87. The second kappa shape index (κ2) is 7.36. The summed E-state index contributed by atoms with van der Waals surface area (Å²) in [7, 11) is 1.60. The third-order valence-corrected chi connectivity index (χ3v) is 3.95. The first-order chi connectivity index (χ1) is 9.74. The molecule has 5 heteroatoms. The van der Waals surface area contributed by atoms with Crippen LogP contribution in [0.1, 0.15) is 12.0 Å². The molecule has 1 heterocycles. The summed E-state index contributed by atoms with van der Waals surface area (Å²) < 4.78 is 4.88. The summed E-state index contributed by atoms with van der Waals surface area (Å²) >= 11 is 1.74. The molecule has 108 valence electrons. The lowest BCUT2D eigenvalue weighted by atomic mass is 10.1. The lowest BCUT2D eigenvalue weighted by Gasteiger charge is -2.04. The predicted octanol–water partition coefficient (Wildman–Crippen LogP) is 2.58. The number of H-pyrrole nitrogens is 1. The van der Waals surface area contributed by atoms with Crippen LogP contribution in [0.4, 0.5) is 0 Å². The zero-order chi connectivity index (χ0) is 14.4. The van der Waals surface area contributed by atoms with E-state index in [1.807, 2.05) is 6.20 Å². The molecule has 0 unspecified atom stereocenters. The Balaban J connectivity index is 1.94. The molecule has 2 aromatic rings. The van der Waals surface area contributed by atoms with Gasteiger partial charge in [-0.05, 0) is 36.4 Å². The number of methoxy groups -OCH3 is 1. The first kappa shape index (κ1) is 14.9. The maximum Gasteiger partial charge on any atom is 0.222 e. The maximum atomic E-state index is 11.5. The number of carbonyl (C=O) groups excluding carboxylic acids is 1. The molecule has 0 saturated carbocycles. The predicted molar refractivity (Wildman–Crippen MR) is 83.3 cm³/mol. The van der Waals surface area contributed by atoms with E-state index in [-0.39, 0.29) is 5.91 Å². The van der Waals surface area contributed by atoms with Crippen molar-refractivity contribution in [2.24, 2.45) is 0 Å². The highest BCUT2D eigenvalue weighted by molar-refractivity contribution is 7.98. The van der Waals surface area contributed by atoms with Gasteiger partial charge in [0.25, 0.3) is 0 Å². The molecule has 0 aliphatic rings. The van der Waals surface area contributed by atoms with E-state index in [9.17, 15) is 4.79 Å². The van der Waals surface area contributed by atoms with Crippen molar-refractivity contribution in [3.8, 4) is 0 Å². The minimum absolute atomic E-state index is 0.0384. The molecule has 0 saturated heterocycles. The zero-order valence-electron chi connectivity index (χ0n) is 11.9. The first-order valence-corrected chi connectivity index (χ1v) is 7.86. The van der Waals surface area contributed by atoms with Crippen LogP contribution < -0.4 is 5.32 Å². The van der Waals surface area contributed by atoms with Crippen molar-refractivity contribution in [1.29, 1.82) is 0 Å². The number of aromatic amines is 1. The number of ether oxygens (including phenoxy) is 1. The van der Waals surface area contributed by atoms with E-state index in [0.29, 0.717) is 19.6 Å². The van der Waals surface area contributed by atoms with Gasteiger partial charge in [0.2, 0.25) is 5.91 Å². The van der Waals surface area contributed by atoms with Crippen molar-refractivity contribution >= 4 is 28.6 Å². The summed E-state index contributed by atoms with van der Waals surface area (Å²) in [5, 5.41) is 4.15. The molecule has 1 aromatic heterocycles. The second-order valence-corrected chi connectivity index (χ2v) is 5.45. The van der Waals surface area contributed by atoms with E-state index in [4.69, 9.17) is 4.74 Å². The van der Waals surface area contributed by atoms with Crippen LogP contribution in [0.3, 0.4) is 0 Å². The van der Waals surface area contributed by atoms with Crippen molar-refractivity contribution in [2.75, 3.05) is 26.5 Å². The molecule has 1 aromatic carbocycles. The quantitative estimate of drug-likeness (QED) is 0.771. The Morgan fingerprint density at radius 3 is 3.05 bits per heavy atom. The fourth-order valence-corrected chi connectivity index (χ4v) is 2.55. The van der Waals surface area contributed by atoms with E-state index in [1.165, 1.54) is 15.8 Å². The molecular weight excluding hydrogens is 272 g/mol. The highest BCUT2D eigenvalue weighted by Gasteiger charge is 2.06. The average molecular weight is 292 g/mol. The van der Waals surface area contributed by atoms with Gasteiger partial charge in [-0.1, -0.05) is 0 Å². The summed E-state index contributed by atoms with van der Waals surface area (Å²) in [4.78, 5) is 16.0. The molecule has 0 bridgehead atoms. The summed E-state index contributed by atoms with van der Waals surface area (Å²) in [6, 6.07) is 6.40. The summed E-state index contributed by atoms with van der Waals surface area (Å²) in [5.74, 6) is 0.0384. The summed E-state index contributed by atoms with van der Waals surface area (Å²) in [6.07, 6.45) is 5.34. The fraction of sp³-hybridized carbons (Fsp3) is 0.400. The van der Waals surface area contributed by atoms with Crippen LogP contribution in [-0.4, -0.2) is 37.4 Å². The molecule has 4 nitrogen and oxygen atoms in total. The van der Waals surface area contributed by atoms with Crippen molar-refractivity contribution in [3.05, 3.63) is 30.0 Å². The van der Waals surface area contributed by atoms with Crippen LogP contribution in [0.5, 0.6) is 0 Å². The maximum absolute atomic E-state index is 11.5. The van der Waals surface area contributed by atoms with E-state index in [0.717, 1.165) is 11.9 Å². The van der Waals surface area contributed by atoms with Gasteiger partial charge >= 0.3 is 0 Å². The molecule has 0 radical (unpaired) electrons. The third kappa shape index (κ3) is 3.77. The van der Waals surface area contributed by atoms with E-state index < -0.39 is 0 Å². The number of thioether (sulfide) groups is 1. The van der Waals surface area contributed by atoms with Crippen molar-refractivity contribution in [2.45, 2.75) is 17.7 Å². The molecule has 0 aliphatic carbocycles. The highest BCUT2D eigenvalue weighted by Crippen LogP contribution is 2.24. The van der Waals surface area contributed by atoms with Gasteiger partial charge in [-0.2, -0.15) is 0 Å². The van der Waals surface area contributed by atoms with Gasteiger partial charge in [-0.3, -0.25) is 4.79 Å². The smallest absolute Gasteiger partial charge is 0.222 e. The lowest BCUT2D eigenvalue weighted by Crippen LogP contribution is -2.26. The van der Waals surface area contributed by atoms with Crippen molar-refractivity contribution < 1.29 is 9.53 Å². The van der Waals surface area contributed by atoms with Gasteiger partial charge in [0, 0.05) is 42.1 Å². The number of fused-ring (bicyclic) bond motifs is 1. The molecular formula is C15H20N2O2S. The Hall–Kier alpha value is -1.46. The van der Waals surface area contributed by atoms with Crippen LogP contribution in [-0.2, 0) is 16.0 Å². The van der Waals surface area contributed by atoms with Gasteiger partial charge in [0.15, 0.2) is 0 Å². The van der Waals surface area contributed by atoms with Gasteiger partial charge in [-0.15, -0.1) is 11.8 Å². The molecule has 0 spiro atoms. The molecule has 0 fully saturated rings. The molecule has 1 amide bonds. The number of carbonyl (C=O) groups is 1. The van der Waals surface area contributed by atoms with E-state index in [1.54, 1.807) is 18.9 Å². The third-order valence-electron chi connectivity index (χ3n) is 3.22. The molecule has 0 aliphatic heterocycles. The van der Waals surface area contributed by atoms with E-state index in [2.05, 4.69) is 34.8 Å². The minimum atomic E-state index is 0.0384. The molecule has 2 rings (SSSR count). The normalized spacial score (nSPS) is 10.9. The van der Waals surface area contributed by atoms with Crippen LogP contribution in [0, 0.1) is 0 Å². The fourth-order valence-electron chi connectivity index (χ4n) is 2.11. The van der Waals surface area contributed by atoms with Crippen molar-refractivity contribution in [3.63, 3.8) is 0 Å². The van der Waals surface area contributed by atoms with E-state index >= 15 is 0 Å². The number of hydrogen-bond donors (Lipinski definition) is 2. The number of benzene rings is 1. The standard InChI is InChI=1S/C15H20N2O2S/c1-19-8-6-15(18)16-7-5-11-10-17-14-4-3-12(20-2)9-13(11)14/h3-4,9-10,17H,5-8H2,1-2H3,(H,16,18). The number of aromatic nitrogens is 1. The van der Waals surface area contributed by atoms with Crippen LogP contribution in [0.15, 0.2) is 29.3 Å². The number of hydrogen-bond acceptors (Lipinski definition) is 3. The van der Waals surface area contributed by atoms with Crippen LogP contribution >= 0.6 is 11.8 Å². The topological polar surface area (TPSA) is 54.1 Å². The zero-order valence-corrected chi connectivity index (χ0v) is 12.7. The Bertz CT molecular complexity index is 580. The lowest BCUT2D eigenvalue weighted by molar-refractivity contribution is -0.121. The number of rotatable bonds is 7. The Labute approximate surface area is 123 Å². The van der Waals surface area contributed by atoms with Gasteiger partial charge in [0.05, 0.1) is 6.61 Å². The Morgan fingerprint density at radius 1 is 1.45 bits per heavy atom. The van der Waals surface area contributed by atoms with Crippen LogP contribution in [0.25, 0.3) is 10.9 Å². The highest BCUT2D eigenvalue weighted by atomic mass is 32.2. The van der Waals surface area contributed by atoms with Crippen molar-refractivity contribution in [1.82, 2.24) is 10.3 Å². The minimum Gasteiger partial charge on any atom is -0.384 e. The molecule has 2 N–H and O–H groups in total. The number of nitrogens with one attached hydrogen (secondary N) is 2. The molecule has 0 atom stereocenters. The summed E-state index contributed by atoms with van der Waals surface area (Å²) in [6.45, 7) is 1.12. The van der Waals surface area contributed by atoms with Gasteiger partial charge < -0.3 is 15.0 Å². The van der Waals surface area contributed by atoms with Gasteiger partial charge in [0.1, 0.15) is 0 Å².